The molecule has 3 aromatic rings. The van der Waals surface area contributed by atoms with Gasteiger partial charge in [0.2, 0.25) is 0 Å². The van der Waals surface area contributed by atoms with Crippen LogP contribution in [-0.4, -0.2) is 23.0 Å². The molecule has 3 rings (SSSR count). The minimum atomic E-state index is -0.281. The summed E-state index contributed by atoms with van der Waals surface area (Å²) in [6, 6.07) is 17.2. The van der Waals surface area contributed by atoms with Crippen LogP contribution >= 0.6 is 0 Å². The molecule has 0 saturated heterocycles. The molecule has 0 aliphatic heterocycles. The van der Waals surface area contributed by atoms with E-state index in [0.29, 0.717) is 18.1 Å². The Hall–Kier alpha value is -3.41. The minimum Gasteiger partial charge on any atom is -0.496 e. The van der Waals surface area contributed by atoms with E-state index in [9.17, 15) is 4.79 Å². The van der Waals surface area contributed by atoms with E-state index in [0.717, 1.165) is 17.0 Å². The van der Waals surface area contributed by atoms with Crippen LogP contribution in [0.3, 0.4) is 0 Å². The van der Waals surface area contributed by atoms with Gasteiger partial charge < -0.3 is 15.4 Å². The van der Waals surface area contributed by atoms with E-state index < -0.39 is 0 Å². The third-order valence-corrected chi connectivity index (χ3v) is 4.56. The number of nitrogens with zero attached hydrogens (tertiary/aromatic N) is 2. The standard InChI is InChI=1S/C23H26N4O2/c1-23(2,3)17-9-11-18(12-10-17)27-22(28)19-13-21(26-15-25-19)24-14-16-7-5-6-8-20(16)29-4/h5-13,15H,14H2,1-4H3,(H,27,28)(H,24,25,26). The molecule has 0 spiro atoms. The van der Waals surface area contributed by atoms with E-state index in [-0.39, 0.29) is 11.3 Å². The van der Waals surface area contributed by atoms with Crippen molar-refractivity contribution < 1.29 is 9.53 Å². The molecule has 0 bridgehead atoms. The molecule has 2 aromatic carbocycles. The summed E-state index contributed by atoms with van der Waals surface area (Å²) in [7, 11) is 1.64. The highest BCUT2D eigenvalue weighted by Gasteiger charge is 2.14. The molecule has 150 valence electrons. The lowest BCUT2D eigenvalue weighted by Crippen LogP contribution is -2.15. The first-order chi connectivity index (χ1) is 13.9. The zero-order chi connectivity index (χ0) is 20.9. The van der Waals surface area contributed by atoms with E-state index in [1.807, 2.05) is 48.5 Å². The summed E-state index contributed by atoms with van der Waals surface area (Å²) in [5.41, 5.74) is 3.29. The van der Waals surface area contributed by atoms with E-state index in [1.165, 1.54) is 11.9 Å². The van der Waals surface area contributed by atoms with E-state index in [1.54, 1.807) is 13.2 Å². The number of benzene rings is 2. The van der Waals surface area contributed by atoms with E-state index in [2.05, 4.69) is 41.4 Å². The Balaban J connectivity index is 1.66. The van der Waals surface area contributed by atoms with Crippen molar-refractivity contribution in [3.63, 3.8) is 0 Å². The molecular formula is C23H26N4O2. The smallest absolute Gasteiger partial charge is 0.274 e. The van der Waals surface area contributed by atoms with Crippen molar-refractivity contribution in [2.75, 3.05) is 17.7 Å². The lowest BCUT2D eigenvalue weighted by molar-refractivity contribution is 0.102. The highest BCUT2D eigenvalue weighted by molar-refractivity contribution is 6.03. The normalized spacial score (nSPS) is 11.0. The van der Waals surface area contributed by atoms with Gasteiger partial charge in [0, 0.05) is 23.9 Å². The number of amides is 1. The van der Waals surface area contributed by atoms with Gasteiger partial charge in [0.25, 0.3) is 5.91 Å². The molecule has 1 amide bonds. The van der Waals surface area contributed by atoms with Crippen molar-refractivity contribution >= 4 is 17.4 Å². The maximum atomic E-state index is 12.6. The number of carbonyl (C=O) groups excluding carboxylic acids is 1. The maximum Gasteiger partial charge on any atom is 0.274 e. The van der Waals surface area contributed by atoms with Crippen LogP contribution in [0.15, 0.2) is 60.9 Å². The number of carbonyl (C=O) groups is 1. The van der Waals surface area contributed by atoms with Crippen molar-refractivity contribution in [3.05, 3.63) is 77.7 Å². The lowest BCUT2D eigenvalue weighted by Gasteiger charge is -2.19. The van der Waals surface area contributed by atoms with Gasteiger partial charge in [0.05, 0.1) is 7.11 Å². The van der Waals surface area contributed by atoms with Gasteiger partial charge in [-0.1, -0.05) is 51.1 Å². The molecule has 0 aliphatic rings. The largest absolute Gasteiger partial charge is 0.496 e. The molecule has 2 N–H and O–H groups in total. The molecule has 6 heteroatoms. The number of nitrogens with one attached hydrogen (secondary N) is 2. The molecule has 6 nitrogen and oxygen atoms in total. The number of methoxy groups -OCH3 is 1. The predicted octanol–water partition coefficient (Wildman–Crippen LogP) is 4.65. The SMILES string of the molecule is COc1ccccc1CNc1cc(C(=O)Nc2ccc(C(C)(C)C)cc2)ncn1. The zero-order valence-electron chi connectivity index (χ0n) is 17.2. The number of anilines is 2. The summed E-state index contributed by atoms with van der Waals surface area (Å²) in [4.78, 5) is 20.9. The predicted molar refractivity (Wildman–Crippen MR) is 115 cm³/mol. The lowest BCUT2D eigenvalue weighted by atomic mass is 9.87. The molecule has 0 saturated carbocycles. The monoisotopic (exact) mass is 390 g/mol. The van der Waals surface area contributed by atoms with Crippen molar-refractivity contribution in [3.8, 4) is 5.75 Å². The first-order valence-corrected chi connectivity index (χ1v) is 9.46. The van der Waals surface area contributed by atoms with Gasteiger partial charge >= 0.3 is 0 Å². The Kier molecular flexibility index (Phi) is 6.12. The second-order valence-electron chi connectivity index (χ2n) is 7.74. The van der Waals surface area contributed by atoms with Crippen LogP contribution in [0.25, 0.3) is 0 Å². The molecule has 1 aromatic heterocycles. The molecule has 29 heavy (non-hydrogen) atoms. The van der Waals surface area contributed by atoms with Crippen LogP contribution in [0.5, 0.6) is 5.75 Å². The second-order valence-corrected chi connectivity index (χ2v) is 7.74. The third-order valence-electron chi connectivity index (χ3n) is 4.56. The van der Waals surface area contributed by atoms with Crippen molar-refractivity contribution in [1.29, 1.82) is 0 Å². The fourth-order valence-electron chi connectivity index (χ4n) is 2.86. The fourth-order valence-corrected chi connectivity index (χ4v) is 2.86. The molecule has 0 aliphatic carbocycles. The average Bonchev–Trinajstić information content (AvgIpc) is 2.72. The zero-order valence-corrected chi connectivity index (χ0v) is 17.2. The quantitative estimate of drug-likeness (QED) is 0.641. The van der Waals surface area contributed by atoms with Gasteiger partial charge in [-0.25, -0.2) is 9.97 Å². The molecule has 0 atom stereocenters. The highest BCUT2D eigenvalue weighted by Crippen LogP contribution is 2.24. The van der Waals surface area contributed by atoms with Gasteiger partial charge in [-0.15, -0.1) is 0 Å². The van der Waals surface area contributed by atoms with Crippen molar-refractivity contribution in [1.82, 2.24) is 9.97 Å². The Morgan fingerprint density at radius 3 is 2.45 bits per heavy atom. The number of hydrogen-bond acceptors (Lipinski definition) is 5. The first-order valence-electron chi connectivity index (χ1n) is 9.46. The maximum absolute atomic E-state index is 12.6. The van der Waals surface area contributed by atoms with Gasteiger partial charge in [0.1, 0.15) is 23.6 Å². The number of hydrogen-bond donors (Lipinski definition) is 2. The summed E-state index contributed by atoms with van der Waals surface area (Å²) in [5, 5.41) is 6.09. The Morgan fingerprint density at radius 2 is 1.76 bits per heavy atom. The molecule has 0 radical (unpaired) electrons. The number of rotatable bonds is 6. The van der Waals surface area contributed by atoms with Gasteiger partial charge in [-0.3, -0.25) is 4.79 Å². The summed E-state index contributed by atoms with van der Waals surface area (Å²) >= 11 is 0. The summed E-state index contributed by atoms with van der Waals surface area (Å²) in [6.45, 7) is 6.99. The van der Waals surface area contributed by atoms with Crippen molar-refractivity contribution in [2.45, 2.75) is 32.7 Å². The molecule has 0 fully saturated rings. The van der Waals surface area contributed by atoms with Crippen LogP contribution in [0, 0.1) is 0 Å². The van der Waals surface area contributed by atoms with Gasteiger partial charge in [-0.05, 0) is 29.2 Å². The van der Waals surface area contributed by atoms with Crippen LogP contribution in [0.1, 0.15) is 42.4 Å². The van der Waals surface area contributed by atoms with Crippen LogP contribution in [-0.2, 0) is 12.0 Å². The van der Waals surface area contributed by atoms with Crippen LogP contribution in [0.2, 0.25) is 0 Å². The number of aromatic nitrogens is 2. The summed E-state index contributed by atoms with van der Waals surface area (Å²) in [5.74, 6) is 1.08. The number of ether oxygens (including phenoxy) is 1. The van der Waals surface area contributed by atoms with Crippen molar-refractivity contribution in [2.24, 2.45) is 0 Å². The Morgan fingerprint density at radius 1 is 1.03 bits per heavy atom. The van der Waals surface area contributed by atoms with Crippen LogP contribution < -0.4 is 15.4 Å². The van der Waals surface area contributed by atoms with Crippen LogP contribution in [0.4, 0.5) is 11.5 Å². The van der Waals surface area contributed by atoms with E-state index in [4.69, 9.17) is 4.74 Å². The third kappa shape index (κ3) is 5.31. The highest BCUT2D eigenvalue weighted by atomic mass is 16.5. The van der Waals surface area contributed by atoms with Gasteiger partial charge in [0.15, 0.2) is 0 Å². The van der Waals surface area contributed by atoms with E-state index >= 15 is 0 Å². The van der Waals surface area contributed by atoms with Gasteiger partial charge in [-0.2, -0.15) is 0 Å². The fraction of sp³-hybridized carbons (Fsp3) is 0.261. The minimum absolute atomic E-state index is 0.0667. The Labute approximate surface area is 171 Å². The average molecular weight is 390 g/mol. The first kappa shape index (κ1) is 20.3. The Bertz CT molecular complexity index is 979. The summed E-state index contributed by atoms with van der Waals surface area (Å²) < 4.78 is 5.35. The topological polar surface area (TPSA) is 76.1 Å². The second kappa shape index (κ2) is 8.73. The molecular weight excluding hydrogens is 364 g/mol. The number of para-hydroxylation sites is 1. The molecule has 1 heterocycles. The summed E-state index contributed by atoms with van der Waals surface area (Å²) in [6.07, 6.45) is 1.38. The molecule has 0 unspecified atom stereocenters.